The molecule has 3 rings (SSSR count). The molecule has 0 saturated carbocycles. The lowest BCUT2D eigenvalue weighted by Gasteiger charge is -2.27. The minimum Gasteiger partial charge on any atom is -0.493 e. The van der Waals surface area contributed by atoms with Crippen LogP contribution in [0.15, 0.2) is 72.8 Å². The van der Waals surface area contributed by atoms with Crippen molar-refractivity contribution in [1.82, 2.24) is 0 Å². The van der Waals surface area contributed by atoms with Crippen molar-refractivity contribution in [3.05, 3.63) is 78.4 Å². The van der Waals surface area contributed by atoms with Crippen LogP contribution in [0, 0.1) is 0 Å². The summed E-state index contributed by atoms with van der Waals surface area (Å²) in [5.41, 5.74) is 3.00. The second kappa shape index (κ2) is 12.4. The number of amides is 1. The van der Waals surface area contributed by atoms with Crippen molar-refractivity contribution in [2.24, 2.45) is 0 Å². The molecule has 0 atom stereocenters. The maximum Gasteiger partial charge on any atom is 0.344 e. The summed E-state index contributed by atoms with van der Waals surface area (Å²) in [7, 11) is 1.44. The first kappa shape index (κ1) is 26.3. The molecule has 0 aliphatic carbocycles. The van der Waals surface area contributed by atoms with Crippen molar-refractivity contribution in [2.45, 2.75) is 26.8 Å². The summed E-state index contributed by atoms with van der Waals surface area (Å²) in [6.45, 7) is 4.38. The molecule has 0 fully saturated rings. The zero-order valence-corrected chi connectivity index (χ0v) is 20.8. The number of methoxy groups -OCH3 is 1. The molecule has 1 amide bonds. The van der Waals surface area contributed by atoms with Gasteiger partial charge in [-0.3, -0.25) is 9.59 Å². The fourth-order valence-electron chi connectivity index (χ4n) is 3.52. The largest absolute Gasteiger partial charge is 0.493 e. The van der Waals surface area contributed by atoms with E-state index in [0.29, 0.717) is 22.7 Å². The summed E-state index contributed by atoms with van der Waals surface area (Å²) in [6, 6.07) is 21.7. The van der Waals surface area contributed by atoms with Crippen LogP contribution in [0.4, 0.5) is 17.1 Å². The minimum absolute atomic E-state index is 0.116. The molecule has 188 valence electrons. The van der Waals surface area contributed by atoms with Gasteiger partial charge < -0.3 is 24.4 Å². The standard InChI is InChI=1S/C28H30N2O6/c1-19(2)30(24-13-11-23(12-14-24)29-22-8-6-5-7-9-22)27(32)17-36-28(33)18-35-25-15-10-21(20(3)31)16-26(25)34-4/h5-16,19,29H,17-18H2,1-4H3. The molecule has 8 nitrogen and oxygen atoms in total. The van der Waals surface area contributed by atoms with Crippen LogP contribution in [-0.4, -0.2) is 44.0 Å². The molecule has 0 radical (unpaired) electrons. The number of hydrogen-bond donors (Lipinski definition) is 1. The van der Waals surface area contributed by atoms with Crippen LogP contribution < -0.4 is 19.7 Å². The third kappa shape index (κ3) is 7.09. The lowest BCUT2D eigenvalue weighted by molar-refractivity contribution is -0.149. The molecule has 0 aliphatic rings. The number of esters is 1. The zero-order chi connectivity index (χ0) is 26.1. The Labute approximate surface area is 210 Å². The number of ketones is 1. The minimum atomic E-state index is -0.702. The van der Waals surface area contributed by atoms with Gasteiger partial charge in [-0.05, 0) is 75.4 Å². The molecule has 0 bridgehead atoms. The van der Waals surface area contributed by atoms with E-state index in [2.05, 4.69) is 5.32 Å². The molecule has 0 spiro atoms. The van der Waals surface area contributed by atoms with Crippen molar-refractivity contribution >= 4 is 34.7 Å². The maximum absolute atomic E-state index is 12.9. The van der Waals surface area contributed by atoms with Gasteiger partial charge in [-0.25, -0.2) is 4.79 Å². The van der Waals surface area contributed by atoms with Crippen molar-refractivity contribution in [3.63, 3.8) is 0 Å². The van der Waals surface area contributed by atoms with Crippen LogP contribution in [0.3, 0.4) is 0 Å². The zero-order valence-electron chi connectivity index (χ0n) is 20.8. The summed E-state index contributed by atoms with van der Waals surface area (Å²) in [5.74, 6) is -0.561. The lowest BCUT2D eigenvalue weighted by atomic mass is 10.1. The molecule has 0 unspecified atom stereocenters. The number of para-hydroxylation sites is 1. The number of benzene rings is 3. The van der Waals surface area contributed by atoms with E-state index in [-0.39, 0.29) is 17.7 Å². The lowest BCUT2D eigenvalue weighted by Crippen LogP contribution is -2.40. The SMILES string of the molecule is COc1cc(C(C)=O)ccc1OCC(=O)OCC(=O)N(c1ccc(Nc2ccccc2)cc1)C(C)C. The van der Waals surface area contributed by atoms with Crippen LogP contribution >= 0.6 is 0 Å². The topological polar surface area (TPSA) is 94.2 Å². The third-order valence-corrected chi connectivity index (χ3v) is 5.27. The van der Waals surface area contributed by atoms with Gasteiger partial charge in [0.25, 0.3) is 5.91 Å². The monoisotopic (exact) mass is 490 g/mol. The Morgan fingerprint density at radius 3 is 2.14 bits per heavy atom. The molecule has 3 aromatic carbocycles. The Balaban J connectivity index is 1.56. The van der Waals surface area contributed by atoms with E-state index in [4.69, 9.17) is 14.2 Å². The third-order valence-electron chi connectivity index (χ3n) is 5.27. The summed E-state index contributed by atoms with van der Waals surface area (Å²) < 4.78 is 15.8. The Morgan fingerprint density at radius 1 is 0.861 bits per heavy atom. The van der Waals surface area contributed by atoms with E-state index < -0.39 is 19.2 Å². The van der Waals surface area contributed by atoms with E-state index in [1.165, 1.54) is 20.1 Å². The number of carbonyl (C=O) groups excluding carboxylic acids is 3. The highest BCUT2D eigenvalue weighted by Gasteiger charge is 2.21. The molecular weight excluding hydrogens is 460 g/mol. The maximum atomic E-state index is 12.9. The number of anilines is 3. The average Bonchev–Trinajstić information content (AvgIpc) is 2.87. The quantitative estimate of drug-likeness (QED) is 0.298. The molecule has 1 N–H and O–H groups in total. The predicted molar refractivity (Wildman–Crippen MR) is 138 cm³/mol. The predicted octanol–water partition coefficient (Wildman–Crippen LogP) is 5.01. The molecule has 8 heteroatoms. The van der Waals surface area contributed by atoms with Crippen LogP contribution in [-0.2, 0) is 14.3 Å². The van der Waals surface area contributed by atoms with Gasteiger partial charge in [0.2, 0.25) is 0 Å². The Hall–Kier alpha value is -4.33. The second-order valence-corrected chi connectivity index (χ2v) is 8.27. The Kier molecular flexibility index (Phi) is 9.05. The first-order chi connectivity index (χ1) is 17.3. The number of Topliss-reactive ketones (excluding diaryl/α,β-unsaturated/α-hetero) is 1. The normalized spacial score (nSPS) is 10.5. The Morgan fingerprint density at radius 2 is 1.53 bits per heavy atom. The van der Waals surface area contributed by atoms with Gasteiger partial charge in [-0.15, -0.1) is 0 Å². The number of ether oxygens (including phenoxy) is 3. The van der Waals surface area contributed by atoms with Gasteiger partial charge in [-0.1, -0.05) is 18.2 Å². The van der Waals surface area contributed by atoms with E-state index in [1.54, 1.807) is 17.0 Å². The molecule has 3 aromatic rings. The number of rotatable bonds is 11. The first-order valence-corrected chi connectivity index (χ1v) is 11.5. The first-order valence-electron chi connectivity index (χ1n) is 11.5. The van der Waals surface area contributed by atoms with Crippen molar-refractivity contribution < 1.29 is 28.6 Å². The van der Waals surface area contributed by atoms with Crippen LogP contribution in [0.2, 0.25) is 0 Å². The highest BCUT2D eigenvalue weighted by atomic mass is 16.6. The molecule has 0 heterocycles. The van der Waals surface area contributed by atoms with Gasteiger partial charge in [0.05, 0.1) is 7.11 Å². The molecule has 36 heavy (non-hydrogen) atoms. The van der Waals surface area contributed by atoms with Crippen molar-refractivity contribution in [1.29, 1.82) is 0 Å². The average molecular weight is 491 g/mol. The fraction of sp³-hybridized carbons (Fsp3) is 0.250. The van der Waals surface area contributed by atoms with Gasteiger partial charge in [0.1, 0.15) is 0 Å². The second-order valence-electron chi connectivity index (χ2n) is 8.27. The van der Waals surface area contributed by atoms with Crippen LogP contribution in [0.5, 0.6) is 11.5 Å². The molecule has 0 saturated heterocycles. The van der Waals surface area contributed by atoms with Gasteiger partial charge in [0, 0.05) is 28.7 Å². The molecule has 0 aromatic heterocycles. The number of hydrogen-bond acceptors (Lipinski definition) is 7. The van der Waals surface area contributed by atoms with Gasteiger partial charge in [-0.2, -0.15) is 0 Å². The number of carbonyl (C=O) groups is 3. The smallest absolute Gasteiger partial charge is 0.344 e. The van der Waals surface area contributed by atoms with E-state index in [0.717, 1.165) is 11.4 Å². The highest BCUT2D eigenvalue weighted by molar-refractivity contribution is 5.96. The van der Waals surface area contributed by atoms with Crippen LogP contribution in [0.1, 0.15) is 31.1 Å². The van der Waals surface area contributed by atoms with Crippen molar-refractivity contribution in [3.8, 4) is 11.5 Å². The Bertz CT molecular complexity index is 1190. The molecular formula is C28H30N2O6. The fourth-order valence-corrected chi connectivity index (χ4v) is 3.52. The van der Waals surface area contributed by atoms with Gasteiger partial charge >= 0.3 is 5.97 Å². The number of nitrogens with one attached hydrogen (secondary N) is 1. The summed E-state index contributed by atoms with van der Waals surface area (Å²) >= 11 is 0. The van der Waals surface area contributed by atoms with Crippen molar-refractivity contribution in [2.75, 3.05) is 30.5 Å². The highest BCUT2D eigenvalue weighted by Crippen LogP contribution is 2.28. The van der Waals surface area contributed by atoms with E-state index in [9.17, 15) is 14.4 Å². The van der Waals surface area contributed by atoms with E-state index in [1.807, 2.05) is 68.4 Å². The molecule has 0 aliphatic heterocycles. The van der Waals surface area contributed by atoms with Crippen LogP contribution in [0.25, 0.3) is 0 Å². The summed E-state index contributed by atoms with van der Waals surface area (Å²) in [6.07, 6.45) is 0. The van der Waals surface area contributed by atoms with E-state index >= 15 is 0 Å². The summed E-state index contributed by atoms with van der Waals surface area (Å²) in [5, 5.41) is 3.30. The number of nitrogens with zero attached hydrogens (tertiary/aromatic N) is 1. The summed E-state index contributed by atoms with van der Waals surface area (Å²) in [4.78, 5) is 38.2. The van der Waals surface area contributed by atoms with Gasteiger partial charge in [0.15, 0.2) is 30.5 Å².